The number of thiazole rings is 1. The summed E-state index contributed by atoms with van der Waals surface area (Å²) in [5, 5.41) is 4.60. The van der Waals surface area contributed by atoms with E-state index in [1.54, 1.807) is 29.6 Å². The number of benzene rings is 2. The van der Waals surface area contributed by atoms with E-state index in [4.69, 9.17) is 0 Å². The molecule has 0 spiro atoms. The van der Waals surface area contributed by atoms with Crippen molar-refractivity contribution in [2.45, 2.75) is 0 Å². The predicted octanol–water partition coefficient (Wildman–Crippen LogP) is 5.10. The second-order valence-electron chi connectivity index (χ2n) is 4.60. The molecule has 2 aromatic carbocycles. The summed E-state index contributed by atoms with van der Waals surface area (Å²) in [6.45, 7) is 0. The quantitative estimate of drug-likeness (QED) is 0.670. The van der Waals surface area contributed by atoms with Crippen LogP contribution in [0.1, 0.15) is 10.4 Å². The Hall–Kier alpha value is -2.12. The minimum atomic E-state index is -0.695. The maximum Gasteiger partial charge on any atom is 0.258 e. The zero-order valence-electron chi connectivity index (χ0n) is 11.5. The third-order valence-electron chi connectivity index (χ3n) is 3.05. The molecule has 0 saturated carbocycles. The van der Waals surface area contributed by atoms with E-state index >= 15 is 0 Å². The summed E-state index contributed by atoms with van der Waals surface area (Å²) in [6.07, 6.45) is 0. The number of nitrogens with zero attached hydrogens (tertiary/aromatic N) is 1. The third kappa shape index (κ3) is 3.46. The number of rotatable bonds is 3. The Balaban J connectivity index is 1.82. The van der Waals surface area contributed by atoms with Gasteiger partial charge in [0.2, 0.25) is 0 Å². The van der Waals surface area contributed by atoms with Gasteiger partial charge in [0.1, 0.15) is 11.6 Å². The Labute approximate surface area is 143 Å². The lowest BCUT2D eigenvalue weighted by Gasteiger charge is -2.03. The normalized spacial score (nSPS) is 10.6. The van der Waals surface area contributed by atoms with Gasteiger partial charge in [-0.25, -0.2) is 13.8 Å². The molecule has 1 amide bonds. The van der Waals surface area contributed by atoms with Gasteiger partial charge in [-0.3, -0.25) is 10.1 Å². The molecule has 1 aromatic heterocycles. The smallest absolute Gasteiger partial charge is 0.258 e. The van der Waals surface area contributed by atoms with Crippen molar-refractivity contribution < 1.29 is 13.6 Å². The number of halogens is 3. The number of carbonyl (C=O) groups is 1. The molecule has 0 aliphatic rings. The molecule has 0 atom stereocenters. The van der Waals surface area contributed by atoms with Crippen molar-refractivity contribution in [3.05, 3.63) is 69.5 Å². The third-order valence-corrected chi connectivity index (χ3v) is 4.50. The first-order valence-electron chi connectivity index (χ1n) is 6.51. The Morgan fingerprint density at radius 1 is 1.17 bits per heavy atom. The minimum absolute atomic E-state index is 0.184. The monoisotopic (exact) mass is 394 g/mol. The number of aromatic nitrogens is 1. The first-order chi connectivity index (χ1) is 11.0. The van der Waals surface area contributed by atoms with E-state index in [1.807, 2.05) is 0 Å². The highest BCUT2D eigenvalue weighted by molar-refractivity contribution is 9.10. The standard InChI is InChI=1S/C16H9BrF2N2OS/c17-12-4-2-1-3-10(12)15(22)21-16-20-14(8-23-16)11-6-5-9(18)7-13(11)19/h1-8H,(H,20,21,22). The molecule has 0 unspecified atom stereocenters. The van der Waals surface area contributed by atoms with Crippen LogP contribution < -0.4 is 5.32 Å². The largest absolute Gasteiger partial charge is 0.298 e. The van der Waals surface area contributed by atoms with Crippen LogP contribution in [0, 0.1) is 11.6 Å². The van der Waals surface area contributed by atoms with Gasteiger partial charge < -0.3 is 0 Å². The van der Waals surface area contributed by atoms with Gasteiger partial charge in [0.05, 0.1) is 11.3 Å². The summed E-state index contributed by atoms with van der Waals surface area (Å²) in [7, 11) is 0. The summed E-state index contributed by atoms with van der Waals surface area (Å²) in [4.78, 5) is 16.4. The molecule has 116 valence electrons. The summed E-state index contributed by atoms with van der Waals surface area (Å²) in [6, 6.07) is 10.3. The van der Waals surface area contributed by atoms with Crippen molar-refractivity contribution in [1.82, 2.24) is 4.98 Å². The van der Waals surface area contributed by atoms with Gasteiger partial charge in [-0.05, 0) is 40.2 Å². The SMILES string of the molecule is O=C(Nc1nc(-c2ccc(F)cc2F)cs1)c1ccccc1Br. The average molecular weight is 395 g/mol. The number of nitrogens with one attached hydrogen (secondary N) is 1. The molecule has 7 heteroatoms. The highest BCUT2D eigenvalue weighted by atomic mass is 79.9. The van der Waals surface area contributed by atoms with Crippen LogP contribution in [0.5, 0.6) is 0 Å². The summed E-state index contributed by atoms with van der Waals surface area (Å²) >= 11 is 4.47. The molecule has 0 bridgehead atoms. The molecule has 3 nitrogen and oxygen atoms in total. The topological polar surface area (TPSA) is 42.0 Å². The van der Waals surface area contributed by atoms with Crippen molar-refractivity contribution in [3.63, 3.8) is 0 Å². The number of amides is 1. The van der Waals surface area contributed by atoms with E-state index in [1.165, 1.54) is 17.4 Å². The molecule has 0 fully saturated rings. The molecule has 0 aliphatic carbocycles. The van der Waals surface area contributed by atoms with Crippen molar-refractivity contribution >= 4 is 38.3 Å². The van der Waals surface area contributed by atoms with Crippen LogP contribution in [-0.4, -0.2) is 10.9 Å². The minimum Gasteiger partial charge on any atom is -0.298 e. The van der Waals surface area contributed by atoms with Gasteiger partial charge >= 0.3 is 0 Å². The number of carbonyl (C=O) groups excluding carboxylic acids is 1. The van der Waals surface area contributed by atoms with E-state index in [9.17, 15) is 13.6 Å². The molecular weight excluding hydrogens is 386 g/mol. The second kappa shape index (κ2) is 6.55. The molecule has 23 heavy (non-hydrogen) atoms. The van der Waals surface area contributed by atoms with Crippen molar-refractivity contribution in [2.75, 3.05) is 5.32 Å². The summed E-state index contributed by atoms with van der Waals surface area (Å²) < 4.78 is 27.4. The second-order valence-corrected chi connectivity index (χ2v) is 6.31. The van der Waals surface area contributed by atoms with E-state index in [0.29, 0.717) is 20.9 Å². The van der Waals surface area contributed by atoms with E-state index in [2.05, 4.69) is 26.2 Å². The van der Waals surface area contributed by atoms with Gasteiger partial charge in [-0.1, -0.05) is 12.1 Å². The van der Waals surface area contributed by atoms with E-state index < -0.39 is 11.6 Å². The zero-order chi connectivity index (χ0) is 16.4. The summed E-state index contributed by atoms with van der Waals surface area (Å²) in [5.41, 5.74) is 0.996. The number of hydrogen-bond donors (Lipinski definition) is 1. The molecule has 0 radical (unpaired) electrons. The fourth-order valence-corrected chi connectivity index (χ4v) is 3.13. The Bertz CT molecular complexity index is 882. The Morgan fingerprint density at radius 3 is 2.70 bits per heavy atom. The molecule has 0 aliphatic heterocycles. The van der Waals surface area contributed by atoms with Crippen LogP contribution >= 0.6 is 27.3 Å². The lowest BCUT2D eigenvalue weighted by Crippen LogP contribution is -2.12. The van der Waals surface area contributed by atoms with Crippen molar-refractivity contribution in [3.8, 4) is 11.3 Å². The van der Waals surface area contributed by atoms with Crippen LogP contribution in [-0.2, 0) is 0 Å². The predicted molar refractivity (Wildman–Crippen MR) is 89.6 cm³/mol. The highest BCUT2D eigenvalue weighted by Crippen LogP contribution is 2.28. The lowest BCUT2D eigenvalue weighted by atomic mass is 10.1. The van der Waals surface area contributed by atoms with Crippen molar-refractivity contribution in [2.24, 2.45) is 0 Å². The average Bonchev–Trinajstić information content (AvgIpc) is 2.95. The molecule has 0 saturated heterocycles. The molecule has 3 aromatic rings. The van der Waals surface area contributed by atoms with Gasteiger partial charge in [-0.15, -0.1) is 11.3 Å². The van der Waals surface area contributed by atoms with Crippen LogP contribution in [0.25, 0.3) is 11.3 Å². The van der Waals surface area contributed by atoms with Crippen LogP contribution in [0.4, 0.5) is 13.9 Å². The highest BCUT2D eigenvalue weighted by Gasteiger charge is 2.14. The molecule has 1 N–H and O–H groups in total. The number of anilines is 1. The van der Waals surface area contributed by atoms with Crippen molar-refractivity contribution in [1.29, 1.82) is 0 Å². The first kappa shape index (κ1) is 15.8. The fourth-order valence-electron chi connectivity index (χ4n) is 1.96. The molecular formula is C16H9BrF2N2OS. The van der Waals surface area contributed by atoms with Gasteiger partial charge in [-0.2, -0.15) is 0 Å². The van der Waals surface area contributed by atoms with Crippen LogP contribution in [0.2, 0.25) is 0 Å². The zero-order valence-corrected chi connectivity index (χ0v) is 13.9. The van der Waals surface area contributed by atoms with Crippen LogP contribution in [0.15, 0.2) is 52.3 Å². The maximum absolute atomic E-state index is 13.8. The number of hydrogen-bond acceptors (Lipinski definition) is 3. The van der Waals surface area contributed by atoms with E-state index in [0.717, 1.165) is 12.1 Å². The molecule has 3 rings (SSSR count). The van der Waals surface area contributed by atoms with Crippen LogP contribution in [0.3, 0.4) is 0 Å². The Kier molecular flexibility index (Phi) is 4.49. The Morgan fingerprint density at radius 2 is 1.96 bits per heavy atom. The lowest BCUT2D eigenvalue weighted by molar-refractivity contribution is 0.102. The van der Waals surface area contributed by atoms with E-state index in [-0.39, 0.29) is 11.5 Å². The first-order valence-corrected chi connectivity index (χ1v) is 8.18. The van der Waals surface area contributed by atoms with Gasteiger partial charge in [0, 0.05) is 21.5 Å². The molecule has 1 heterocycles. The fraction of sp³-hybridized carbons (Fsp3) is 0. The maximum atomic E-state index is 13.8. The van der Waals surface area contributed by atoms with Gasteiger partial charge in [0.25, 0.3) is 5.91 Å². The van der Waals surface area contributed by atoms with Gasteiger partial charge in [0.15, 0.2) is 5.13 Å². The summed E-state index contributed by atoms with van der Waals surface area (Å²) in [5.74, 6) is -1.67.